The Morgan fingerprint density at radius 1 is 1.53 bits per heavy atom. The van der Waals surface area contributed by atoms with Crippen LogP contribution in [0.1, 0.15) is 21.1 Å². The Hall–Kier alpha value is -1.95. The lowest BCUT2D eigenvalue weighted by Gasteiger charge is -2.07. The second-order valence-electron chi connectivity index (χ2n) is 3.90. The molecule has 1 aromatic heterocycles. The Bertz CT molecular complexity index is 598. The third-order valence-electron chi connectivity index (χ3n) is 2.51. The van der Waals surface area contributed by atoms with E-state index in [1.807, 2.05) is 12.3 Å². The van der Waals surface area contributed by atoms with Gasteiger partial charge < -0.3 is 10.1 Å². The normalized spacial score (nSPS) is 10.3. The fraction of sp³-hybridized carbons (Fsp3) is 0.231. The summed E-state index contributed by atoms with van der Waals surface area (Å²) in [4.78, 5) is 15.6. The number of benzene rings is 1. The summed E-state index contributed by atoms with van der Waals surface area (Å²) in [6.45, 7) is 2.32. The maximum Gasteiger partial charge on any atom is 0.337 e. The van der Waals surface area contributed by atoms with E-state index in [0.717, 1.165) is 10.7 Å². The summed E-state index contributed by atoms with van der Waals surface area (Å²) in [7, 11) is 1.29. The lowest BCUT2D eigenvalue weighted by molar-refractivity contribution is 0.0600. The Kier molecular flexibility index (Phi) is 4.11. The Morgan fingerprint density at radius 2 is 2.32 bits per heavy atom. The van der Waals surface area contributed by atoms with Gasteiger partial charge in [-0.2, -0.15) is 0 Å². The number of anilines is 1. The van der Waals surface area contributed by atoms with Crippen molar-refractivity contribution in [1.82, 2.24) is 4.98 Å². The number of carbonyl (C=O) groups excluding carboxylic acids is 1. The fourth-order valence-electron chi connectivity index (χ4n) is 1.58. The molecule has 0 bridgehead atoms. The van der Waals surface area contributed by atoms with Crippen molar-refractivity contribution in [3.8, 4) is 0 Å². The van der Waals surface area contributed by atoms with Crippen LogP contribution in [0.15, 0.2) is 23.6 Å². The van der Waals surface area contributed by atoms with Crippen molar-refractivity contribution < 1.29 is 13.9 Å². The zero-order chi connectivity index (χ0) is 13.8. The molecule has 0 aliphatic heterocycles. The first-order valence-corrected chi connectivity index (χ1v) is 6.51. The van der Waals surface area contributed by atoms with Crippen molar-refractivity contribution in [1.29, 1.82) is 0 Å². The van der Waals surface area contributed by atoms with Gasteiger partial charge in [-0.1, -0.05) is 0 Å². The Morgan fingerprint density at radius 3 is 2.95 bits per heavy atom. The van der Waals surface area contributed by atoms with E-state index in [1.165, 1.54) is 36.6 Å². The van der Waals surface area contributed by atoms with Crippen LogP contribution in [-0.4, -0.2) is 18.1 Å². The second kappa shape index (κ2) is 5.79. The number of thiazole rings is 1. The van der Waals surface area contributed by atoms with Crippen molar-refractivity contribution in [3.05, 3.63) is 45.7 Å². The van der Waals surface area contributed by atoms with Crippen molar-refractivity contribution in [2.24, 2.45) is 0 Å². The van der Waals surface area contributed by atoms with Crippen LogP contribution < -0.4 is 5.32 Å². The molecule has 0 radical (unpaired) electrons. The highest BCUT2D eigenvalue weighted by Gasteiger charge is 2.10. The molecule has 1 aromatic carbocycles. The number of nitrogens with one attached hydrogen (secondary N) is 1. The van der Waals surface area contributed by atoms with Crippen LogP contribution in [0.25, 0.3) is 0 Å². The first-order chi connectivity index (χ1) is 9.10. The van der Waals surface area contributed by atoms with Crippen LogP contribution in [0, 0.1) is 12.7 Å². The number of carbonyl (C=O) groups is 1. The van der Waals surface area contributed by atoms with Gasteiger partial charge in [0, 0.05) is 5.38 Å². The molecular formula is C13H13FN2O2S. The van der Waals surface area contributed by atoms with E-state index in [0.29, 0.717) is 12.1 Å². The molecule has 0 atom stereocenters. The smallest absolute Gasteiger partial charge is 0.337 e. The molecule has 100 valence electrons. The van der Waals surface area contributed by atoms with Crippen molar-refractivity contribution in [2.45, 2.75) is 13.5 Å². The topological polar surface area (TPSA) is 51.2 Å². The minimum absolute atomic E-state index is 0.258. The highest BCUT2D eigenvalue weighted by molar-refractivity contribution is 7.09. The van der Waals surface area contributed by atoms with E-state index in [2.05, 4.69) is 15.0 Å². The van der Waals surface area contributed by atoms with Crippen LogP contribution in [-0.2, 0) is 11.3 Å². The number of rotatable bonds is 4. The Labute approximate surface area is 114 Å². The first kappa shape index (κ1) is 13.5. The third-order valence-corrected chi connectivity index (χ3v) is 3.34. The summed E-state index contributed by atoms with van der Waals surface area (Å²) in [6.07, 6.45) is 0. The van der Waals surface area contributed by atoms with Crippen LogP contribution in [0.2, 0.25) is 0 Å². The molecule has 0 unspecified atom stereocenters. The number of halogens is 1. The SMILES string of the molecule is COC(=O)c1ccc(F)c(NCc2csc(C)n2)c1. The summed E-state index contributed by atoms with van der Waals surface area (Å²) < 4.78 is 18.2. The van der Waals surface area contributed by atoms with Gasteiger partial charge >= 0.3 is 5.97 Å². The molecule has 1 heterocycles. The van der Waals surface area contributed by atoms with E-state index in [-0.39, 0.29) is 5.69 Å². The Balaban J connectivity index is 2.12. The summed E-state index contributed by atoms with van der Waals surface area (Å²) in [5.41, 5.74) is 1.40. The quantitative estimate of drug-likeness (QED) is 0.875. The van der Waals surface area contributed by atoms with E-state index in [1.54, 1.807) is 0 Å². The average molecular weight is 280 g/mol. The van der Waals surface area contributed by atoms with Gasteiger partial charge in [0.05, 0.1) is 35.6 Å². The number of hydrogen-bond donors (Lipinski definition) is 1. The number of aromatic nitrogens is 1. The number of aryl methyl sites for hydroxylation is 1. The highest BCUT2D eigenvalue weighted by Crippen LogP contribution is 2.18. The minimum atomic E-state index is -0.493. The molecule has 0 saturated carbocycles. The van der Waals surface area contributed by atoms with Crippen LogP contribution >= 0.6 is 11.3 Å². The lowest BCUT2D eigenvalue weighted by atomic mass is 10.2. The molecular weight excluding hydrogens is 267 g/mol. The largest absolute Gasteiger partial charge is 0.465 e. The summed E-state index contributed by atoms with van der Waals surface area (Å²) in [6, 6.07) is 4.06. The van der Waals surface area contributed by atoms with Crippen molar-refractivity contribution in [2.75, 3.05) is 12.4 Å². The van der Waals surface area contributed by atoms with Gasteiger partial charge in [0.25, 0.3) is 0 Å². The predicted molar refractivity (Wildman–Crippen MR) is 71.9 cm³/mol. The van der Waals surface area contributed by atoms with Crippen LogP contribution in [0.5, 0.6) is 0 Å². The van der Waals surface area contributed by atoms with Gasteiger partial charge in [0.1, 0.15) is 5.82 Å². The summed E-state index contributed by atoms with van der Waals surface area (Å²) >= 11 is 1.54. The molecule has 6 heteroatoms. The molecule has 0 spiro atoms. The lowest BCUT2D eigenvalue weighted by Crippen LogP contribution is -2.06. The average Bonchev–Trinajstić information content (AvgIpc) is 2.82. The molecule has 2 aromatic rings. The van der Waals surface area contributed by atoms with Crippen molar-refractivity contribution in [3.63, 3.8) is 0 Å². The van der Waals surface area contributed by atoms with E-state index < -0.39 is 11.8 Å². The molecule has 0 amide bonds. The van der Waals surface area contributed by atoms with Crippen molar-refractivity contribution >= 4 is 23.0 Å². The predicted octanol–water partition coefficient (Wildman–Crippen LogP) is 2.99. The highest BCUT2D eigenvalue weighted by atomic mass is 32.1. The molecule has 0 aliphatic carbocycles. The second-order valence-corrected chi connectivity index (χ2v) is 4.96. The molecule has 19 heavy (non-hydrogen) atoms. The van der Waals surface area contributed by atoms with Gasteiger partial charge in [-0.25, -0.2) is 14.2 Å². The third kappa shape index (κ3) is 3.29. The van der Waals surface area contributed by atoms with Crippen LogP contribution in [0.4, 0.5) is 10.1 Å². The number of esters is 1. The summed E-state index contributed by atoms with van der Waals surface area (Å²) in [5, 5.41) is 5.79. The minimum Gasteiger partial charge on any atom is -0.465 e. The number of ether oxygens (including phenoxy) is 1. The van der Waals surface area contributed by atoms with Gasteiger partial charge in [0.2, 0.25) is 0 Å². The molecule has 0 aliphatic rings. The molecule has 4 nitrogen and oxygen atoms in total. The van der Waals surface area contributed by atoms with E-state index >= 15 is 0 Å². The van der Waals surface area contributed by atoms with Gasteiger partial charge in [-0.05, 0) is 25.1 Å². The standard InChI is InChI=1S/C13H13FN2O2S/c1-8-16-10(7-19-8)6-15-12-5-9(13(17)18-2)3-4-11(12)14/h3-5,7,15H,6H2,1-2H3. The molecule has 2 rings (SSSR count). The van der Waals surface area contributed by atoms with Gasteiger partial charge in [0.15, 0.2) is 0 Å². The monoisotopic (exact) mass is 280 g/mol. The number of methoxy groups -OCH3 is 1. The zero-order valence-electron chi connectivity index (χ0n) is 10.6. The molecule has 0 fully saturated rings. The maximum absolute atomic E-state index is 13.6. The molecule has 0 saturated heterocycles. The van der Waals surface area contributed by atoms with E-state index in [4.69, 9.17) is 0 Å². The van der Waals surface area contributed by atoms with E-state index in [9.17, 15) is 9.18 Å². The number of nitrogens with zero attached hydrogens (tertiary/aromatic N) is 1. The van der Waals surface area contributed by atoms with Crippen LogP contribution in [0.3, 0.4) is 0 Å². The fourth-order valence-corrected chi connectivity index (χ4v) is 2.19. The summed E-state index contributed by atoms with van der Waals surface area (Å²) in [5.74, 6) is -0.910. The van der Waals surface area contributed by atoms with Gasteiger partial charge in [-0.3, -0.25) is 0 Å². The number of hydrogen-bond acceptors (Lipinski definition) is 5. The zero-order valence-corrected chi connectivity index (χ0v) is 11.4. The first-order valence-electron chi connectivity index (χ1n) is 5.63. The molecule has 1 N–H and O–H groups in total. The van der Waals surface area contributed by atoms with Gasteiger partial charge in [-0.15, -0.1) is 11.3 Å². The maximum atomic E-state index is 13.6.